The lowest BCUT2D eigenvalue weighted by atomic mass is 9.94. The summed E-state index contributed by atoms with van der Waals surface area (Å²) in [6.07, 6.45) is 0.834. The van der Waals surface area contributed by atoms with Crippen molar-refractivity contribution in [3.05, 3.63) is 58.6 Å². The number of fused-ring (bicyclic) bond motifs is 1. The number of hydrogen-bond acceptors (Lipinski definition) is 2. The van der Waals surface area contributed by atoms with Gasteiger partial charge in [-0.1, -0.05) is 50.6 Å². The summed E-state index contributed by atoms with van der Waals surface area (Å²) >= 11 is 5.86. The number of halogens is 1. The van der Waals surface area contributed by atoms with Gasteiger partial charge in [0.25, 0.3) is 0 Å². The van der Waals surface area contributed by atoms with Crippen LogP contribution >= 0.6 is 11.6 Å². The zero-order valence-corrected chi connectivity index (χ0v) is 16.6. The van der Waals surface area contributed by atoms with Gasteiger partial charge in [0, 0.05) is 34.9 Å². The number of carbonyl (C=O) groups excluding carboxylic acids is 2. The Labute approximate surface area is 164 Å². The molecule has 0 atom stereocenters. The highest BCUT2D eigenvalue weighted by Crippen LogP contribution is 2.34. The van der Waals surface area contributed by atoms with Gasteiger partial charge in [-0.05, 0) is 41.8 Å². The average Bonchev–Trinajstić information content (AvgIpc) is 3.03. The first kappa shape index (κ1) is 19.2. The monoisotopic (exact) mass is 385 g/mol. The zero-order chi connectivity index (χ0) is 19.6. The van der Waals surface area contributed by atoms with Gasteiger partial charge in [-0.15, -0.1) is 0 Å². The molecule has 1 aliphatic heterocycles. The van der Waals surface area contributed by atoms with Gasteiger partial charge in [-0.2, -0.15) is 0 Å². The fourth-order valence-corrected chi connectivity index (χ4v) is 3.16. The van der Waals surface area contributed by atoms with Gasteiger partial charge in [0.15, 0.2) is 0 Å². The predicted molar refractivity (Wildman–Crippen MR) is 109 cm³/mol. The van der Waals surface area contributed by atoms with Gasteiger partial charge < -0.3 is 15.5 Å². The molecule has 3 amide bonds. The van der Waals surface area contributed by atoms with Crippen molar-refractivity contribution in [2.24, 2.45) is 5.41 Å². The number of benzene rings is 2. The molecular formula is C21H24ClN3O2. The van der Waals surface area contributed by atoms with Crippen molar-refractivity contribution in [3.8, 4) is 0 Å². The van der Waals surface area contributed by atoms with Crippen LogP contribution < -0.4 is 15.5 Å². The van der Waals surface area contributed by atoms with Gasteiger partial charge in [-0.25, -0.2) is 4.79 Å². The van der Waals surface area contributed by atoms with E-state index in [-0.39, 0.29) is 11.9 Å². The van der Waals surface area contributed by atoms with Crippen LogP contribution in [-0.2, 0) is 17.8 Å². The number of carbonyl (C=O) groups is 2. The molecular weight excluding hydrogens is 362 g/mol. The molecule has 0 saturated carbocycles. The summed E-state index contributed by atoms with van der Waals surface area (Å²) in [4.78, 5) is 26.7. The first-order valence-corrected chi connectivity index (χ1v) is 9.36. The molecule has 142 valence electrons. The maximum atomic E-state index is 12.7. The van der Waals surface area contributed by atoms with Crippen LogP contribution in [0, 0.1) is 5.41 Å². The van der Waals surface area contributed by atoms with Crippen LogP contribution in [0.4, 0.5) is 16.2 Å². The van der Waals surface area contributed by atoms with E-state index in [4.69, 9.17) is 11.6 Å². The van der Waals surface area contributed by atoms with Crippen LogP contribution in [0.2, 0.25) is 5.02 Å². The fourth-order valence-electron chi connectivity index (χ4n) is 3.03. The molecule has 0 bridgehead atoms. The SMILES string of the molecule is CC(C)(C)C(=O)N1CCc2ccc(NC(=O)NCc3ccc(Cl)cc3)cc21. The van der Waals surface area contributed by atoms with Crippen molar-refractivity contribution in [2.75, 3.05) is 16.8 Å². The third-order valence-corrected chi connectivity index (χ3v) is 4.74. The minimum atomic E-state index is -0.443. The molecule has 2 aromatic rings. The minimum absolute atomic E-state index is 0.0885. The van der Waals surface area contributed by atoms with E-state index in [1.807, 2.05) is 56.0 Å². The summed E-state index contributed by atoms with van der Waals surface area (Å²) in [5.74, 6) is 0.0885. The van der Waals surface area contributed by atoms with Crippen molar-refractivity contribution < 1.29 is 9.59 Å². The maximum absolute atomic E-state index is 12.7. The first-order valence-electron chi connectivity index (χ1n) is 8.98. The Morgan fingerprint density at radius 2 is 1.81 bits per heavy atom. The lowest BCUT2D eigenvalue weighted by Gasteiger charge is -2.26. The molecule has 3 rings (SSSR count). The Bertz CT molecular complexity index is 857. The first-order chi connectivity index (χ1) is 12.7. The molecule has 0 fully saturated rings. The van der Waals surface area contributed by atoms with Crippen LogP contribution in [0.5, 0.6) is 0 Å². The number of urea groups is 1. The number of amides is 3. The van der Waals surface area contributed by atoms with E-state index in [0.717, 1.165) is 23.2 Å². The maximum Gasteiger partial charge on any atom is 0.319 e. The highest BCUT2D eigenvalue weighted by Gasteiger charge is 2.32. The van der Waals surface area contributed by atoms with Crippen molar-refractivity contribution in [1.82, 2.24) is 5.32 Å². The third kappa shape index (κ3) is 4.61. The van der Waals surface area contributed by atoms with Gasteiger partial charge in [-0.3, -0.25) is 4.79 Å². The lowest BCUT2D eigenvalue weighted by molar-refractivity contribution is -0.125. The summed E-state index contributed by atoms with van der Waals surface area (Å²) in [6, 6.07) is 12.7. The van der Waals surface area contributed by atoms with Crippen molar-refractivity contribution >= 4 is 34.9 Å². The fraction of sp³-hybridized carbons (Fsp3) is 0.333. The molecule has 0 aromatic heterocycles. The summed E-state index contributed by atoms with van der Waals surface area (Å²) in [5.41, 5.74) is 3.19. The summed E-state index contributed by atoms with van der Waals surface area (Å²) in [5, 5.41) is 6.32. The zero-order valence-electron chi connectivity index (χ0n) is 15.8. The summed E-state index contributed by atoms with van der Waals surface area (Å²) < 4.78 is 0. The van der Waals surface area contributed by atoms with Gasteiger partial charge in [0.2, 0.25) is 5.91 Å². The van der Waals surface area contributed by atoms with E-state index in [0.29, 0.717) is 23.8 Å². The Morgan fingerprint density at radius 3 is 2.48 bits per heavy atom. The van der Waals surface area contributed by atoms with E-state index < -0.39 is 5.41 Å². The summed E-state index contributed by atoms with van der Waals surface area (Å²) in [6.45, 7) is 6.83. The second kappa shape index (κ2) is 7.61. The third-order valence-electron chi connectivity index (χ3n) is 4.49. The predicted octanol–water partition coefficient (Wildman–Crippen LogP) is 4.60. The highest BCUT2D eigenvalue weighted by molar-refractivity contribution is 6.30. The van der Waals surface area contributed by atoms with E-state index in [1.54, 1.807) is 12.1 Å². The highest BCUT2D eigenvalue weighted by atomic mass is 35.5. The largest absolute Gasteiger partial charge is 0.334 e. The smallest absolute Gasteiger partial charge is 0.319 e. The van der Waals surface area contributed by atoms with Crippen LogP contribution in [0.15, 0.2) is 42.5 Å². The van der Waals surface area contributed by atoms with E-state index in [2.05, 4.69) is 10.6 Å². The Balaban J connectivity index is 1.65. The molecule has 6 heteroatoms. The number of anilines is 2. The topological polar surface area (TPSA) is 61.4 Å². The van der Waals surface area contributed by atoms with E-state index >= 15 is 0 Å². The van der Waals surface area contributed by atoms with Crippen LogP contribution in [0.3, 0.4) is 0 Å². The lowest BCUT2D eigenvalue weighted by Crippen LogP contribution is -2.38. The molecule has 1 heterocycles. The Hall–Kier alpha value is -2.53. The second-order valence-corrected chi connectivity index (χ2v) is 8.17. The Morgan fingerprint density at radius 1 is 1.11 bits per heavy atom. The molecule has 0 spiro atoms. The van der Waals surface area contributed by atoms with Crippen LogP contribution in [0.25, 0.3) is 0 Å². The minimum Gasteiger partial charge on any atom is -0.334 e. The normalized spacial score (nSPS) is 13.3. The molecule has 5 nitrogen and oxygen atoms in total. The van der Waals surface area contributed by atoms with Crippen LogP contribution in [0.1, 0.15) is 31.9 Å². The molecule has 27 heavy (non-hydrogen) atoms. The Kier molecular flexibility index (Phi) is 5.42. The van der Waals surface area contributed by atoms with Crippen molar-refractivity contribution in [3.63, 3.8) is 0 Å². The number of rotatable bonds is 3. The average molecular weight is 386 g/mol. The molecule has 0 unspecified atom stereocenters. The van der Waals surface area contributed by atoms with E-state index in [1.165, 1.54) is 0 Å². The summed E-state index contributed by atoms with van der Waals surface area (Å²) in [7, 11) is 0. The second-order valence-electron chi connectivity index (χ2n) is 7.73. The number of nitrogens with one attached hydrogen (secondary N) is 2. The van der Waals surface area contributed by atoms with Crippen molar-refractivity contribution in [1.29, 1.82) is 0 Å². The molecule has 0 radical (unpaired) electrons. The standard InChI is InChI=1S/C21H24ClN3O2/c1-21(2,3)19(26)25-11-10-15-6-9-17(12-18(15)25)24-20(27)23-13-14-4-7-16(22)8-5-14/h4-9,12H,10-11,13H2,1-3H3,(H2,23,24,27). The molecule has 0 aliphatic carbocycles. The van der Waals surface area contributed by atoms with E-state index in [9.17, 15) is 9.59 Å². The van der Waals surface area contributed by atoms with Crippen molar-refractivity contribution in [2.45, 2.75) is 33.7 Å². The molecule has 2 N–H and O–H groups in total. The molecule has 0 saturated heterocycles. The van der Waals surface area contributed by atoms with Crippen LogP contribution in [-0.4, -0.2) is 18.5 Å². The molecule has 2 aromatic carbocycles. The quantitative estimate of drug-likeness (QED) is 0.811. The van der Waals surface area contributed by atoms with Gasteiger partial charge in [0.1, 0.15) is 0 Å². The van der Waals surface area contributed by atoms with Gasteiger partial charge >= 0.3 is 6.03 Å². The molecule has 1 aliphatic rings. The number of nitrogens with zero attached hydrogens (tertiary/aromatic N) is 1. The van der Waals surface area contributed by atoms with Gasteiger partial charge in [0.05, 0.1) is 0 Å². The number of hydrogen-bond donors (Lipinski definition) is 2.